The van der Waals surface area contributed by atoms with Gasteiger partial charge in [-0.25, -0.2) is 0 Å². The summed E-state index contributed by atoms with van der Waals surface area (Å²) in [5, 5.41) is 25.5. The van der Waals surface area contributed by atoms with Crippen molar-refractivity contribution in [2.45, 2.75) is 0 Å². The van der Waals surface area contributed by atoms with Crippen LogP contribution in [0.25, 0.3) is 0 Å². The van der Waals surface area contributed by atoms with Gasteiger partial charge in [-0.3, -0.25) is 4.90 Å². The third kappa shape index (κ3) is 13.0. The number of aliphatic hydroxyl groups is 3. The van der Waals surface area contributed by atoms with Gasteiger partial charge in [-0.05, 0) is 0 Å². The predicted octanol–water partition coefficient (Wildman–Crippen LogP) is -1.85. The summed E-state index contributed by atoms with van der Waals surface area (Å²) in [5.74, 6) is 0. The van der Waals surface area contributed by atoms with Crippen molar-refractivity contribution in [1.29, 1.82) is 0 Å². The summed E-state index contributed by atoms with van der Waals surface area (Å²) in [6, 6.07) is 0. The van der Waals surface area contributed by atoms with Crippen molar-refractivity contribution in [3.63, 3.8) is 0 Å². The van der Waals surface area contributed by atoms with Crippen LogP contribution in [0.5, 0.6) is 0 Å². The van der Waals surface area contributed by atoms with Crippen LogP contribution >= 0.6 is 0 Å². The maximum Gasteiger partial charge on any atom is 0.476 e. The van der Waals surface area contributed by atoms with Crippen LogP contribution in [-0.2, 0) is 9.68 Å². The Morgan fingerprint density at radius 2 is 1.25 bits per heavy atom. The molecule has 0 radical (unpaired) electrons. The number of aliphatic hydroxyl groups excluding tert-OH is 3. The van der Waals surface area contributed by atoms with Crippen LogP contribution in [0, 0.1) is 4.91 Å². The minimum atomic E-state index is 0. The molecule has 8 nitrogen and oxygen atoms in total. The van der Waals surface area contributed by atoms with Gasteiger partial charge in [0.1, 0.15) is 4.91 Å². The smallest absolute Gasteiger partial charge is 0.395 e. The zero-order chi connectivity index (χ0) is 12.8. The van der Waals surface area contributed by atoms with Gasteiger partial charge in [0.25, 0.3) is 0 Å². The zero-order valence-electron chi connectivity index (χ0n) is 9.70. The van der Waals surface area contributed by atoms with Gasteiger partial charge in [0.05, 0.1) is 19.8 Å². The van der Waals surface area contributed by atoms with E-state index in [0.29, 0.717) is 19.6 Å². The van der Waals surface area contributed by atoms with E-state index in [0.717, 1.165) is 0 Å². The van der Waals surface area contributed by atoms with Crippen molar-refractivity contribution in [2.75, 3.05) is 53.7 Å². The molecule has 0 fully saturated rings. The monoisotopic (exact) mass is 241 g/mol. The number of rotatable bonds is 8. The summed E-state index contributed by atoms with van der Waals surface area (Å²) >= 11 is 0. The second-order valence-electron chi connectivity index (χ2n) is 2.60. The van der Waals surface area contributed by atoms with Crippen molar-refractivity contribution in [2.24, 2.45) is 0 Å². The van der Waals surface area contributed by atoms with Crippen LogP contribution in [0.4, 0.5) is 0 Å². The van der Waals surface area contributed by atoms with Crippen molar-refractivity contribution in [3.8, 4) is 0 Å². The highest BCUT2D eigenvalue weighted by molar-refractivity contribution is 4.54. The molecule has 0 aliphatic carbocycles. The summed E-state index contributed by atoms with van der Waals surface area (Å²) in [4.78, 5) is 19.4. The first kappa shape index (κ1) is 17.4. The molecule has 0 aromatic heterocycles. The SMILES string of the molecule is CO[N+](=O)OC.OCCN(CCO)CCO. The van der Waals surface area contributed by atoms with Crippen LogP contribution in [0.2, 0.25) is 0 Å². The van der Waals surface area contributed by atoms with Gasteiger partial charge in [0.2, 0.25) is 0 Å². The lowest BCUT2D eigenvalue weighted by Gasteiger charge is -2.17. The van der Waals surface area contributed by atoms with E-state index in [4.69, 9.17) is 15.3 Å². The Morgan fingerprint density at radius 3 is 1.38 bits per heavy atom. The van der Waals surface area contributed by atoms with E-state index in [1.807, 2.05) is 0 Å². The molecular formula is C8H21N2O6+. The van der Waals surface area contributed by atoms with E-state index in [1.165, 1.54) is 14.2 Å². The lowest BCUT2D eigenvalue weighted by atomic mass is 10.4. The summed E-state index contributed by atoms with van der Waals surface area (Å²) in [6.07, 6.45) is 0. The second kappa shape index (κ2) is 14.0. The Bertz CT molecular complexity index is 137. The molecule has 0 aromatic carbocycles. The largest absolute Gasteiger partial charge is 0.476 e. The first-order valence-electron chi connectivity index (χ1n) is 4.76. The Kier molecular flexibility index (Phi) is 15.3. The molecule has 0 bridgehead atoms. The van der Waals surface area contributed by atoms with Crippen LogP contribution in [-0.4, -0.2) is 79.0 Å². The zero-order valence-corrected chi connectivity index (χ0v) is 9.70. The maximum absolute atomic E-state index is 9.65. The van der Waals surface area contributed by atoms with Crippen LogP contribution in [0.1, 0.15) is 0 Å². The van der Waals surface area contributed by atoms with Gasteiger partial charge < -0.3 is 15.3 Å². The second-order valence-corrected chi connectivity index (χ2v) is 2.60. The molecule has 0 aliphatic rings. The summed E-state index contributed by atoms with van der Waals surface area (Å²) in [6.45, 7) is 1.75. The van der Waals surface area contributed by atoms with Crippen LogP contribution < -0.4 is 0 Å². The molecule has 0 aliphatic heterocycles. The van der Waals surface area contributed by atoms with Gasteiger partial charge in [-0.15, -0.1) is 0 Å². The first-order chi connectivity index (χ1) is 7.65. The third-order valence-electron chi connectivity index (χ3n) is 1.55. The molecule has 0 heterocycles. The highest BCUT2D eigenvalue weighted by atomic mass is 17.0. The standard InChI is InChI=1S/C6H15NO3.C2H6NO3/c8-4-1-7(2-5-9)3-6-10;1-5-3(4)6-2/h8-10H,1-6H2;1-2H3/q;+1. The lowest BCUT2D eigenvalue weighted by molar-refractivity contribution is -0.972. The van der Waals surface area contributed by atoms with E-state index in [9.17, 15) is 4.91 Å². The summed E-state index contributed by atoms with van der Waals surface area (Å²) < 4.78 is 0. The van der Waals surface area contributed by atoms with Crippen molar-refractivity contribution in [3.05, 3.63) is 4.91 Å². The van der Waals surface area contributed by atoms with Gasteiger partial charge in [0, 0.05) is 19.6 Å². The fraction of sp³-hybridized carbons (Fsp3) is 1.00. The highest BCUT2D eigenvalue weighted by Gasteiger charge is 2.00. The molecular weight excluding hydrogens is 220 g/mol. The van der Waals surface area contributed by atoms with E-state index in [-0.39, 0.29) is 24.9 Å². The first-order valence-corrected chi connectivity index (χ1v) is 4.76. The van der Waals surface area contributed by atoms with E-state index in [2.05, 4.69) is 9.68 Å². The number of nitrogens with zero attached hydrogens (tertiary/aromatic N) is 2. The Labute approximate surface area is 94.5 Å². The predicted molar refractivity (Wildman–Crippen MR) is 55.3 cm³/mol. The van der Waals surface area contributed by atoms with Gasteiger partial charge in [0.15, 0.2) is 14.2 Å². The molecule has 0 unspecified atom stereocenters. The molecule has 0 amide bonds. The van der Waals surface area contributed by atoms with Crippen molar-refractivity contribution < 1.29 is 30.1 Å². The molecule has 8 heteroatoms. The van der Waals surface area contributed by atoms with Crippen LogP contribution in [0.15, 0.2) is 0 Å². The van der Waals surface area contributed by atoms with E-state index in [1.54, 1.807) is 4.90 Å². The Hall–Kier alpha value is -0.960. The van der Waals surface area contributed by atoms with Crippen LogP contribution in [0.3, 0.4) is 0 Å². The Morgan fingerprint density at radius 1 is 0.938 bits per heavy atom. The summed E-state index contributed by atoms with van der Waals surface area (Å²) in [7, 11) is 2.44. The van der Waals surface area contributed by atoms with E-state index >= 15 is 0 Å². The molecule has 16 heavy (non-hydrogen) atoms. The molecule has 0 atom stereocenters. The molecule has 3 N–H and O–H groups in total. The maximum atomic E-state index is 9.65. The fourth-order valence-corrected chi connectivity index (χ4v) is 0.834. The lowest BCUT2D eigenvalue weighted by Crippen LogP contribution is -2.32. The topological polar surface area (TPSA) is 102 Å². The normalized spacial score (nSPS) is 9.38. The highest BCUT2D eigenvalue weighted by Crippen LogP contribution is 1.84. The third-order valence-corrected chi connectivity index (χ3v) is 1.55. The molecule has 0 spiro atoms. The fourth-order valence-electron chi connectivity index (χ4n) is 0.834. The van der Waals surface area contributed by atoms with Crippen molar-refractivity contribution >= 4 is 0 Å². The number of hydrogen-bond donors (Lipinski definition) is 3. The quantitative estimate of drug-likeness (QED) is 0.429. The number of hydrogen-bond acceptors (Lipinski definition) is 7. The van der Waals surface area contributed by atoms with Gasteiger partial charge >= 0.3 is 5.09 Å². The molecule has 0 saturated heterocycles. The molecule has 98 valence electrons. The van der Waals surface area contributed by atoms with E-state index < -0.39 is 0 Å². The molecule has 0 aromatic rings. The molecule has 0 saturated carbocycles. The Balaban J connectivity index is 0. The van der Waals surface area contributed by atoms with Gasteiger partial charge in [-0.1, -0.05) is 0 Å². The minimum Gasteiger partial charge on any atom is -0.395 e. The average molecular weight is 241 g/mol. The van der Waals surface area contributed by atoms with Gasteiger partial charge in [-0.2, -0.15) is 9.68 Å². The minimum absolute atomic E-state index is 0. The molecule has 0 rings (SSSR count). The average Bonchev–Trinajstić information content (AvgIpc) is 2.30. The van der Waals surface area contributed by atoms with Crippen molar-refractivity contribution in [1.82, 2.24) is 4.90 Å². The summed E-state index contributed by atoms with van der Waals surface area (Å²) in [5.41, 5.74) is 0.